The molecule has 1 heterocycles. The second-order valence-electron chi connectivity index (χ2n) is 5.98. The Morgan fingerprint density at radius 1 is 1.43 bits per heavy atom. The van der Waals surface area contributed by atoms with Crippen molar-refractivity contribution >= 4 is 5.97 Å². The second kappa shape index (κ2) is 7.46. The number of nitrogens with zero attached hydrogens (tertiary/aromatic N) is 1. The lowest BCUT2D eigenvalue weighted by Gasteiger charge is -2.24. The van der Waals surface area contributed by atoms with Crippen molar-refractivity contribution in [2.75, 3.05) is 20.2 Å². The van der Waals surface area contributed by atoms with Crippen LogP contribution in [0.2, 0.25) is 0 Å². The van der Waals surface area contributed by atoms with Crippen LogP contribution >= 0.6 is 0 Å². The van der Waals surface area contributed by atoms with Crippen LogP contribution in [-0.4, -0.2) is 42.2 Å². The van der Waals surface area contributed by atoms with Crippen molar-refractivity contribution in [3.05, 3.63) is 29.8 Å². The molecule has 0 saturated carbocycles. The number of ether oxygens (including phenoxy) is 1. The van der Waals surface area contributed by atoms with Crippen LogP contribution < -0.4 is 4.74 Å². The highest BCUT2D eigenvalue weighted by molar-refractivity contribution is 5.66. The van der Waals surface area contributed by atoms with Gasteiger partial charge < -0.3 is 14.7 Å². The number of benzene rings is 1. The molecule has 0 spiro atoms. The minimum Gasteiger partial charge on any atom is -0.497 e. The molecule has 1 aromatic carbocycles. The summed E-state index contributed by atoms with van der Waals surface area (Å²) in [5, 5.41) is 8.76. The van der Waals surface area contributed by atoms with Gasteiger partial charge in [0, 0.05) is 19.0 Å². The summed E-state index contributed by atoms with van der Waals surface area (Å²) in [7, 11) is 1.68. The van der Waals surface area contributed by atoms with Gasteiger partial charge in [0.1, 0.15) is 5.75 Å². The third-order valence-corrected chi connectivity index (χ3v) is 4.40. The zero-order valence-electron chi connectivity index (χ0n) is 12.9. The van der Waals surface area contributed by atoms with Gasteiger partial charge in [0.15, 0.2) is 0 Å². The number of aliphatic carboxylic acids is 1. The summed E-state index contributed by atoms with van der Waals surface area (Å²) in [4.78, 5) is 13.1. The molecule has 0 amide bonds. The van der Waals surface area contributed by atoms with E-state index in [4.69, 9.17) is 9.84 Å². The molecule has 21 heavy (non-hydrogen) atoms. The lowest BCUT2D eigenvalue weighted by Crippen LogP contribution is -2.32. The summed E-state index contributed by atoms with van der Waals surface area (Å²) in [5.74, 6) is 0.750. The second-order valence-corrected chi connectivity index (χ2v) is 5.98. The summed E-state index contributed by atoms with van der Waals surface area (Å²) in [6.07, 6.45) is 3.25. The maximum Gasteiger partial charge on any atom is 0.303 e. The fourth-order valence-electron chi connectivity index (χ4n) is 3.06. The van der Waals surface area contributed by atoms with Crippen molar-refractivity contribution in [2.45, 2.75) is 38.6 Å². The summed E-state index contributed by atoms with van der Waals surface area (Å²) >= 11 is 0. The number of carboxylic acid groups (broad SMARTS) is 1. The van der Waals surface area contributed by atoms with Crippen LogP contribution in [0.15, 0.2) is 24.3 Å². The fraction of sp³-hybridized carbons (Fsp3) is 0.588. The number of hydrogen-bond donors (Lipinski definition) is 1. The minimum atomic E-state index is -0.681. The monoisotopic (exact) mass is 291 g/mol. The number of methoxy groups -OCH3 is 1. The fourth-order valence-corrected chi connectivity index (χ4v) is 3.06. The molecule has 0 radical (unpaired) electrons. The Morgan fingerprint density at radius 2 is 2.14 bits per heavy atom. The summed E-state index contributed by atoms with van der Waals surface area (Å²) in [5.41, 5.74) is 1.32. The molecule has 2 unspecified atom stereocenters. The molecule has 1 aliphatic heterocycles. The largest absolute Gasteiger partial charge is 0.497 e. The van der Waals surface area contributed by atoms with E-state index < -0.39 is 5.97 Å². The van der Waals surface area contributed by atoms with Gasteiger partial charge in [-0.3, -0.25) is 4.79 Å². The Bertz CT molecular complexity index is 458. The predicted molar refractivity (Wildman–Crippen MR) is 82.7 cm³/mol. The van der Waals surface area contributed by atoms with Gasteiger partial charge in [-0.15, -0.1) is 0 Å². The number of carbonyl (C=O) groups is 1. The van der Waals surface area contributed by atoms with Crippen LogP contribution in [0.3, 0.4) is 0 Å². The first-order valence-electron chi connectivity index (χ1n) is 7.67. The van der Waals surface area contributed by atoms with Crippen LogP contribution in [0, 0.1) is 5.92 Å². The minimum absolute atomic E-state index is 0.297. The average Bonchev–Trinajstić information content (AvgIpc) is 2.95. The molecule has 0 aromatic heterocycles. The molecule has 1 aliphatic rings. The molecule has 1 saturated heterocycles. The number of rotatable bonds is 7. The van der Waals surface area contributed by atoms with Crippen molar-refractivity contribution in [1.82, 2.24) is 4.90 Å². The van der Waals surface area contributed by atoms with E-state index in [0.717, 1.165) is 38.1 Å². The lowest BCUT2D eigenvalue weighted by atomic mass is 10.0. The maximum atomic E-state index is 10.6. The average molecular weight is 291 g/mol. The third kappa shape index (κ3) is 4.74. The zero-order chi connectivity index (χ0) is 15.2. The molecule has 1 aromatic rings. The first-order chi connectivity index (χ1) is 10.1. The molecule has 4 heteroatoms. The smallest absolute Gasteiger partial charge is 0.303 e. The van der Waals surface area contributed by atoms with Crippen LogP contribution in [-0.2, 0) is 11.2 Å². The summed E-state index contributed by atoms with van der Waals surface area (Å²) in [6.45, 7) is 4.37. The van der Waals surface area contributed by atoms with Crippen LogP contribution in [0.1, 0.15) is 31.7 Å². The third-order valence-electron chi connectivity index (χ3n) is 4.40. The lowest BCUT2D eigenvalue weighted by molar-refractivity contribution is -0.137. The molecule has 2 rings (SSSR count). The van der Waals surface area contributed by atoms with E-state index in [2.05, 4.69) is 24.0 Å². The molecular weight excluding hydrogens is 266 g/mol. The Hall–Kier alpha value is -1.55. The standard InChI is InChI=1S/C17H25NO3/c1-13(11-14-3-6-16(21-2)7-4-14)18-10-9-15(12-18)5-8-17(19)20/h3-4,6-7,13,15H,5,8-12H2,1-2H3,(H,19,20). The molecular formula is C17H25NO3. The number of likely N-dealkylation sites (tertiary alicyclic amines) is 1. The van der Waals surface area contributed by atoms with E-state index in [1.807, 2.05) is 12.1 Å². The maximum absolute atomic E-state index is 10.6. The van der Waals surface area contributed by atoms with Crippen molar-refractivity contribution in [3.8, 4) is 5.75 Å². The van der Waals surface area contributed by atoms with E-state index in [0.29, 0.717) is 18.4 Å². The molecule has 116 valence electrons. The number of hydrogen-bond acceptors (Lipinski definition) is 3. The van der Waals surface area contributed by atoms with Crippen LogP contribution in [0.4, 0.5) is 0 Å². The van der Waals surface area contributed by atoms with Crippen LogP contribution in [0.5, 0.6) is 5.75 Å². The van der Waals surface area contributed by atoms with E-state index in [9.17, 15) is 4.79 Å². The molecule has 1 N–H and O–H groups in total. The SMILES string of the molecule is COc1ccc(CC(C)N2CCC(CCC(=O)O)C2)cc1. The van der Waals surface area contributed by atoms with Gasteiger partial charge in [-0.2, -0.15) is 0 Å². The molecule has 4 nitrogen and oxygen atoms in total. The highest BCUT2D eigenvalue weighted by Crippen LogP contribution is 2.24. The van der Waals surface area contributed by atoms with Gasteiger partial charge in [-0.05, 0) is 56.3 Å². The molecule has 2 atom stereocenters. The molecule has 0 aliphatic carbocycles. The molecule has 0 bridgehead atoms. The Labute approximate surface area is 126 Å². The first-order valence-corrected chi connectivity index (χ1v) is 7.67. The Balaban J connectivity index is 1.80. The Kier molecular flexibility index (Phi) is 5.62. The highest BCUT2D eigenvalue weighted by atomic mass is 16.5. The normalized spacial score (nSPS) is 20.4. The van der Waals surface area contributed by atoms with Gasteiger partial charge in [-0.1, -0.05) is 12.1 Å². The van der Waals surface area contributed by atoms with Crippen molar-refractivity contribution in [1.29, 1.82) is 0 Å². The van der Waals surface area contributed by atoms with Gasteiger partial charge >= 0.3 is 5.97 Å². The number of carboxylic acids is 1. The summed E-state index contributed by atoms with van der Waals surface area (Å²) in [6, 6.07) is 8.73. The van der Waals surface area contributed by atoms with Gasteiger partial charge in [0.2, 0.25) is 0 Å². The Morgan fingerprint density at radius 3 is 2.76 bits per heavy atom. The quantitative estimate of drug-likeness (QED) is 0.839. The van der Waals surface area contributed by atoms with E-state index in [-0.39, 0.29) is 0 Å². The highest BCUT2D eigenvalue weighted by Gasteiger charge is 2.26. The molecule has 1 fully saturated rings. The van der Waals surface area contributed by atoms with E-state index in [1.165, 1.54) is 5.56 Å². The summed E-state index contributed by atoms with van der Waals surface area (Å²) < 4.78 is 5.18. The zero-order valence-corrected chi connectivity index (χ0v) is 12.9. The van der Waals surface area contributed by atoms with E-state index >= 15 is 0 Å². The van der Waals surface area contributed by atoms with E-state index in [1.54, 1.807) is 7.11 Å². The van der Waals surface area contributed by atoms with Crippen LogP contribution in [0.25, 0.3) is 0 Å². The van der Waals surface area contributed by atoms with Crippen molar-refractivity contribution in [2.24, 2.45) is 5.92 Å². The topological polar surface area (TPSA) is 49.8 Å². The van der Waals surface area contributed by atoms with Crippen molar-refractivity contribution < 1.29 is 14.6 Å². The first kappa shape index (κ1) is 15.8. The van der Waals surface area contributed by atoms with Crippen molar-refractivity contribution in [3.63, 3.8) is 0 Å². The van der Waals surface area contributed by atoms with Gasteiger partial charge in [-0.25, -0.2) is 0 Å². The predicted octanol–water partition coefficient (Wildman–Crippen LogP) is 2.81. The van der Waals surface area contributed by atoms with Gasteiger partial charge in [0.05, 0.1) is 7.11 Å². The van der Waals surface area contributed by atoms with Gasteiger partial charge in [0.25, 0.3) is 0 Å².